The summed E-state index contributed by atoms with van der Waals surface area (Å²) in [5.41, 5.74) is 0. The minimum atomic E-state index is -0.417. The fourth-order valence-corrected chi connectivity index (χ4v) is 0. The van der Waals surface area contributed by atoms with Crippen LogP contribution in [0.5, 0.6) is 0 Å². The summed E-state index contributed by atoms with van der Waals surface area (Å²) < 4.78 is 46.9. The average Bonchev–Trinajstić information content (AvgIpc) is 1.70. The van der Waals surface area contributed by atoms with Gasteiger partial charge in [-0.1, -0.05) is 0 Å². The average molecular weight is 227 g/mol. The van der Waals surface area contributed by atoms with Crippen molar-refractivity contribution >= 4 is 0 Å². The minimum Gasteiger partial charge on any atom is -0.544 e. The fourth-order valence-electron chi connectivity index (χ4n) is 0. The van der Waals surface area contributed by atoms with Crippen LogP contribution < -0.4 is 48.2 Å². The molecular weight excluding hydrogens is 225 g/mol. The van der Waals surface area contributed by atoms with Crippen LogP contribution in [0.15, 0.2) is 0 Å². The van der Waals surface area contributed by atoms with Gasteiger partial charge in [-0.25, -0.2) is 0 Å². The van der Waals surface area contributed by atoms with Crippen molar-refractivity contribution in [2.45, 2.75) is 0 Å². The molecule has 0 spiro atoms. The standard InChI is InChI=1S/2ClHO2.ClO2.Na/c3*2-1-3;/h2*2H;;/q;;-1;+1. The van der Waals surface area contributed by atoms with Crippen molar-refractivity contribution in [3.63, 3.8) is 0 Å². The van der Waals surface area contributed by atoms with Gasteiger partial charge in [-0.3, -0.25) is 0 Å². The molecular formula is H2Cl3NaO6. The van der Waals surface area contributed by atoms with Gasteiger partial charge in [0.15, 0.2) is 0 Å². The molecule has 0 amide bonds. The van der Waals surface area contributed by atoms with Crippen LogP contribution in [0.2, 0.25) is 0 Å². The molecule has 0 fully saturated rings. The third-order valence-corrected chi connectivity index (χ3v) is 0. The molecule has 0 aromatic carbocycles. The number of hydrogen-bond acceptors (Lipinski definition) is 6. The Morgan fingerprint density at radius 1 is 0.800 bits per heavy atom. The van der Waals surface area contributed by atoms with Gasteiger partial charge in [0.05, 0.1) is 11.3 Å². The van der Waals surface area contributed by atoms with Gasteiger partial charge >= 0.3 is 52.2 Å². The summed E-state index contributed by atoms with van der Waals surface area (Å²) in [5.74, 6) is 0. The summed E-state index contributed by atoms with van der Waals surface area (Å²) in [5, 5.41) is 0. The summed E-state index contributed by atoms with van der Waals surface area (Å²) >= 11 is -0.750. The van der Waals surface area contributed by atoms with Crippen molar-refractivity contribution in [2.75, 3.05) is 0 Å². The Bertz CT molecular complexity index is 17.7. The van der Waals surface area contributed by atoms with Gasteiger partial charge < -0.3 is 18.6 Å². The van der Waals surface area contributed by atoms with Crippen LogP contribution in [0.25, 0.3) is 0 Å². The molecule has 6 nitrogen and oxygen atoms in total. The number of hydrogen-bond donors (Lipinski definition) is 2. The molecule has 10 heavy (non-hydrogen) atoms. The first kappa shape index (κ1) is 22.6. The molecule has 10 heteroatoms. The Kier molecular flexibility index (Phi) is 104. The van der Waals surface area contributed by atoms with Gasteiger partial charge in [0.1, 0.15) is 0 Å². The van der Waals surface area contributed by atoms with Gasteiger partial charge in [0, 0.05) is 0 Å². The quantitative estimate of drug-likeness (QED) is 0.395. The van der Waals surface area contributed by atoms with Crippen LogP contribution in [0.1, 0.15) is 0 Å². The van der Waals surface area contributed by atoms with Crippen LogP contribution in [0.4, 0.5) is 0 Å². The first-order valence-corrected chi connectivity index (χ1v) is 2.87. The second-order valence-corrected chi connectivity index (χ2v) is 0.603. The maximum atomic E-state index is 8.35. The van der Waals surface area contributed by atoms with Crippen LogP contribution in [0.3, 0.4) is 0 Å². The van der Waals surface area contributed by atoms with Crippen molar-refractivity contribution in [1.82, 2.24) is 0 Å². The molecule has 0 heterocycles. The third-order valence-electron chi connectivity index (χ3n) is 0. The van der Waals surface area contributed by atoms with Crippen LogP contribution in [0, 0.1) is 34.0 Å². The van der Waals surface area contributed by atoms with Crippen LogP contribution in [-0.2, 0) is 0 Å². The van der Waals surface area contributed by atoms with Gasteiger partial charge in [0.2, 0.25) is 0 Å². The van der Waals surface area contributed by atoms with Crippen molar-refractivity contribution in [3.05, 3.63) is 0 Å². The van der Waals surface area contributed by atoms with E-state index in [0.717, 1.165) is 0 Å². The Morgan fingerprint density at radius 3 is 0.800 bits per heavy atom. The molecule has 0 unspecified atom stereocenters. The molecule has 60 valence electrons. The van der Waals surface area contributed by atoms with E-state index in [1.165, 1.54) is 0 Å². The molecule has 0 saturated carbocycles. The SMILES string of the molecule is [Na+].[O-][Cl+]O.[O-][Cl+]O.[O-][Cl+][O-]. The zero-order valence-corrected chi connectivity index (χ0v) is 8.93. The zero-order valence-electron chi connectivity index (χ0n) is 4.66. The first-order valence-electron chi connectivity index (χ1n) is 0.955. The molecule has 0 atom stereocenters. The van der Waals surface area contributed by atoms with E-state index in [2.05, 4.69) is 0 Å². The largest absolute Gasteiger partial charge is 1.00 e. The maximum Gasteiger partial charge on any atom is 1.00 e. The Hall–Kier alpha value is 1.63. The van der Waals surface area contributed by atoms with Crippen molar-refractivity contribution in [1.29, 1.82) is 0 Å². The van der Waals surface area contributed by atoms with Gasteiger partial charge in [-0.2, -0.15) is 0 Å². The summed E-state index contributed by atoms with van der Waals surface area (Å²) in [6.45, 7) is 0. The molecule has 2 N–H and O–H groups in total. The summed E-state index contributed by atoms with van der Waals surface area (Å²) in [6.07, 6.45) is 0. The van der Waals surface area contributed by atoms with E-state index in [0.29, 0.717) is 0 Å². The second-order valence-electron chi connectivity index (χ2n) is 0.201. The maximum absolute atomic E-state index is 8.35. The predicted octanol–water partition coefficient (Wildman–Crippen LogP) is -8.87. The van der Waals surface area contributed by atoms with Crippen molar-refractivity contribution in [2.24, 2.45) is 0 Å². The van der Waals surface area contributed by atoms with Gasteiger partial charge in [-0.15, -0.1) is 9.32 Å². The van der Waals surface area contributed by atoms with E-state index in [1.54, 1.807) is 0 Å². The molecule has 0 bridgehead atoms. The summed E-state index contributed by atoms with van der Waals surface area (Å²) in [4.78, 5) is 0. The van der Waals surface area contributed by atoms with Crippen molar-refractivity contribution < 1.29 is 91.5 Å². The molecule has 0 aliphatic heterocycles. The van der Waals surface area contributed by atoms with E-state index in [-0.39, 0.29) is 52.2 Å². The van der Waals surface area contributed by atoms with Crippen LogP contribution in [-0.4, -0.2) is 9.32 Å². The molecule has 0 saturated heterocycles. The number of rotatable bonds is 0. The fraction of sp³-hybridized carbons (Fsp3) is 0. The van der Waals surface area contributed by atoms with Gasteiger partial charge in [-0.05, 0) is 0 Å². The Balaban J connectivity index is -0.0000000257. The third kappa shape index (κ3) is 270. The summed E-state index contributed by atoms with van der Waals surface area (Å²) in [6, 6.07) is 0. The van der Waals surface area contributed by atoms with E-state index < -0.39 is 11.3 Å². The van der Waals surface area contributed by atoms with E-state index in [1.807, 2.05) is 0 Å². The monoisotopic (exact) mass is 226 g/mol. The molecule has 0 aliphatic carbocycles. The number of halogens is 3. The van der Waals surface area contributed by atoms with E-state index >= 15 is 0 Å². The molecule has 0 aromatic heterocycles. The van der Waals surface area contributed by atoms with E-state index in [9.17, 15) is 0 Å². The smallest absolute Gasteiger partial charge is 0.544 e. The normalized spacial score (nSPS) is 5.40. The minimum absolute atomic E-state index is 0. The molecule has 0 aromatic rings. The molecule has 0 rings (SSSR count). The topological polar surface area (TPSA) is 133 Å². The van der Waals surface area contributed by atoms with Crippen LogP contribution >= 0.6 is 0 Å². The molecule has 0 aliphatic rings. The predicted molar refractivity (Wildman–Crippen MR) is 4.44 cm³/mol. The second kappa shape index (κ2) is 46.0. The zero-order chi connectivity index (χ0) is 8.12. The van der Waals surface area contributed by atoms with Crippen molar-refractivity contribution in [3.8, 4) is 0 Å². The molecule has 0 radical (unpaired) electrons. The Morgan fingerprint density at radius 2 is 0.800 bits per heavy atom. The Labute approximate surface area is 91.0 Å². The van der Waals surface area contributed by atoms with Gasteiger partial charge in [0.25, 0.3) is 0 Å². The first-order chi connectivity index (χ1) is 4.24. The summed E-state index contributed by atoms with van der Waals surface area (Å²) in [7, 11) is 0. The van der Waals surface area contributed by atoms with E-state index in [4.69, 9.17) is 28.0 Å².